The van der Waals surface area contributed by atoms with Crippen molar-refractivity contribution in [2.75, 3.05) is 12.8 Å². The maximum Gasteiger partial charge on any atom is 0.251 e. The first kappa shape index (κ1) is 20.5. The number of benzene rings is 1. The molecule has 8 heteroatoms. The summed E-state index contributed by atoms with van der Waals surface area (Å²) in [6.45, 7) is 3.17. The number of thiophene rings is 1. The molecular weight excluding hydrogens is 396 g/mol. The van der Waals surface area contributed by atoms with Gasteiger partial charge in [-0.2, -0.15) is 0 Å². The number of carbonyl (C=O) groups is 2. The Morgan fingerprint density at radius 1 is 1.29 bits per heavy atom. The Bertz CT molecular complexity index is 982. The van der Waals surface area contributed by atoms with Crippen LogP contribution in [-0.4, -0.2) is 44.0 Å². The van der Waals surface area contributed by atoms with Crippen LogP contribution in [0.2, 0.25) is 0 Å². The van der Waals surface area contributed by atoms with E-state index in [9.17, 15) is 18.0 Å². The first-order valence-electron chi connectivity index (χ1n) is 9.24. The molecular formula is C20H24N2O4S2. The Balaban J connectivity index is 1.74. The highest BCUT2D eigenvalue weighted by atomic mass is 32.2. The molecule has 1 aliphatic heterocycles. The summed E-state index contributed by atoms with van der Waals surface area (Å²) in [5.41, 5.74) is 1.41. The number of fused-ring (bicyclic) bond motifs is 1. The Hall–Kier alpha value is -2.19. The van der Waals surface area contributed by atoms with E-state index in [1.165, 1.54) is 28.6 Å². The number of sulfone groups is 1. The van der Waals surface area contributed by atoms with Gasteiger partial charge in [-0.3, -0.25) is 9.59 Å². The molecule has 6 nitrogen and oxygen atoms in total. The van der Waals surface area contributed by atoms with E-state index >= 15 is 0 Å². The van der Waals surface area contributed by atoms with Crippen molar-refractivity contribution in [3.63, 3.8) is 0 Å². The Morgan fingerprint density at radius 2 is 2.07 bits per heavy atom. The highest BCUT2D eigenvalue weighted by Gasteiger charge is 2.28. The van der Waals surface area contributed by atoms with Crippen LogP contribution in [0.5, 0.6) is 0 Å². The average Bonchev–Trinajstić information content (AvgIpc) is 3.14. The van der Waals surface area contributed by atoms with Crippen LogP contribution in [0, 0.1) is 0 Å². The number of amides is 2. The average molecular weight is 421 g/mol. The summed E-state index contributed by atoms with van der Waals surface area (Å²) >= 11 is 1.71. The summed E-state index contributed by atoms with van der Waals surface area (Å²) in [5, 5.41) is 4.85. The Kier molecular flexibility index (Phi) is 6.20. The third-order valence-electron chi connectivity index (χ3n) is 4.82. The molecule has 2 heterocycles. The second-order valence-corrected chi connectivity index (χ2v) is 10.0. The molecule has 150 valence electrons. The van der Waals surface area contributed by atoms with Crippen LogP contribution in [0.4, 0.5) is 0 Å². The minimum atomic E-state index is -3.41. The SMILES string of the molecule is CCCC(NC(=O)c1cccc(S(C)(=O)=O)c1)C(=O)N1CCc2sccc2C1. The van der Waals surface area contributed by atoms with Crippen LogP contribution in [0.25, 0.3) is 0 Å². The molecule has 0 fully saturated rings. The van der Waals surface area contributed by atoms with Crippen LogP contribution >= 0.6 is 11.3 Å². The van der Waals surface area contributed by atoms with Crippen molar-refractivity contribution in [2.45, 2.75) is 43.7 Å². The molecule has 3 rings (SSSR count). The van der Waals surface area contributed by atoms with Gasteiger partial charge in [-0.05, 0) is 48.1 Å². The van der Waals surface area contributed by atoms with Gasteiger partial charge in [0.15, 0.2) is 9.84 Å². The van der Waals surface area contributed by atoms with E-state index in [-0.39, 0.29) is 16.4 Å². The number of nitrogens with one attached hydrogen (secondary N) is 1. The van der Waals surface area contributed by atoms with Gasteiger partial charge in [-0.25, -0.2) is 8.42 Å². The van der Waals surface area contributed by atoms with E-state index in [0.29, 0.717) is 19.5 Å². The standard InChI is InChI=1S/C20H24N2O4S2/c1-3-5-17(20(24)22-10-8-18-15(13-22)9-11-27-18)21-19(23)14-6-4-7-16(12-14)28(2,25)26/h4,6-7,9,11-12,17H,3,5,8,10,13H2,1-2H3,(H,21,23). The first-order chi connectivity index (χ1) is 13.3. The maximum absolute atomic E-state index is 13.0. The lowest BCUT2D eigenvalue weighted by molar-refractivity contribution is -0.134. The van der Waals surface area contributed by atoms with Crippen molar-refractivity contribution in [1.29, 1.82) is 0 Å². The smallest absolute Gasteiger partial charge is 0.251 e. The molecule has 2 amide bonds. The van der Waals surface area contributed by atoms with Crippen LogP contribution in [-0.2, 0) is 27.6 Å². The third kappa shape index (κ3) is 4.62. The number of hydrogen-bond acceptors (Lipinski definition) is 5. The van der Waals surface area contributed by atoms with E-state index in [4.69, 9.17) is 0 Å². The van der Waals surface area contributed by atoms with Crippen LogP contribution < -0.4 is 5.32 Å². The molecule has 0 saturated carbocycles. The van der Waals surface area contributed by atoms with Gasteiger partial charge in [0.2, 0.25) is 5.91 Å². The Labute approximate surface area is 169 Å². The molecule has 1 atom stereocenters. The predicted molar refractivity (Wildman–Crippen MR) is 109 cm³/mol. The third-order valence-corrected chi connectivity index (χ3v) is 6.96. The maximum atomic E-state index is 13.0. The zero-order valence-electron chi connectivity index (χ0n) is 16.0. The fourth-order valence-electron chi connectivity index (χ4n) is 3.31. The van der Waals surface area contributed by atoms with Crippen molar-refractivity contribution >= 4 is 33.0 Å². The van der Waals surface area contributed by atoms with E-state index < -0.39 is 21.8 Å². The van der Waals surface area contributed by atoms with Crippen molar-refractivity contribution in [2.24, 2.45) is 0 Å². The van der Waals surface area contributed by atoms with Crippen molar-refractivity contribution < 1.29 is 18.0 Å². The number of hydrogen-bond donors (Lipinski definition) is 1. The molecule has 1 aromatic heterocycles. The molecule has 1 aromatic carbocycles. The van der Waals surface area contributed by atoms with Gasteiger partial charge in [-0.15, -0.1) is 11.3 Å². The largest absolute Gasteiger partial charge is 0.340 e. The van der Waals surface area contributed by atoms with Crippen molar-refractivity contribution in [3.05, 3.63) is 51.7 Å². The molecule has 2 aromatic rings. The Morgan fingerprint density at radius 3 is 2.79 bits per heavy atom. The fraction of sp³-hybridized carbons (Fsp3) is 0.400. The molecule has 1 aliphatic rings. The summed E-state index contributed by atoms with van der Waals surface area (Å²) in [4.78, 5) is 28.9. The molecule has 0 radical (unpaired) electrons. The van der Waals surface area contributed by atoms with Gasteiger partial charge >= 0.3 is 0 Å². The van der Waals surface area contributed by atoms with Gasteiger partial charge in [0.25, 0.3) is 5.91 Å². The molecule has 0 saturated heterocycles. The van der Waals surface area contributed by atoms with Gasteiger partial charge in [0.05, 0.1) is 4.90 Å². The zero-order chi connectivity index (χ0) is 20.3. The number of carbonyl (C=O) groups excluding carboxylic acids is 2. The lowest BCUT2D eigenvalue weighted by Gasteiger charge is -2.31. The fourth-order valence-corrected chi connectivity index (χ4v) is 4.87. The quantitative estimate of drug-likeness (QED) is 0.779. The van der Waals surface area contributed by atoms with Crippen LogP contribution in [0.1, 0.15) is 40.6 Å². The summed E-state index contributed by atoms with van der Waals surface area (Å²) in [6.07, 6.45) is 3.21. The molecule has 1 N–H and O–H groups in total. The van der Waals surface area contributed by atoms with Gasteiger partial charge < -0.3 is 10.2 Å². The summed E-state index contributed by atoms with van der Waals surface area (Å²) in [6, 6.07) is 7.30. The highest BCUT2D eigenvalue weighted by Crippen LogP contribution is 2.24. The first-order valence-corrected chi connectivity index (χ1v) is 12.0. The molecule has 0 aliphatic carbocycles. The summed E-state index contributed by atoms with van der Waals surface area (Å²) in [7, 11) is -3.41. The highest BCUT2D eigenvalue weighted by molar-refractivity contribution is 7.90. The minimum Gasteiger partial charge on any atom is -0.340 e. The molecule has 1 unspecified atom stereocenters. The molecule has 28 heavy (non-hydrogen) atoms. The van der Waals surface area contributed by atoms with Crippen LogP contribution in [0.3, 0.4) is 0 Å². The normalized spacial score (nSPS) is 15.0. The van der Waals surface area contributed by atoms with Gasteiger partial charge in [0.1, 0.15) is 6.04 Å². The topological polar surface area (TPSA) is 83.5 Å². The van der Waals surface area contributed by atoms with Crippen LogP contribution in [0.15, 0.2) is 40.6 Å². The van der Waals surface area contributed by atoms with Crippen molar-refractivity contribution in [1.82, 2.24) is 10.2 Å². The lowest BCUT2D eigenvalue weighted by Crippen LogP contribution is -2.49. The monoisotopic (exact) mass is 420 g/mol. The van der Waals surface area contributed by atoms with Crippen molar-refractivity contribution in [3.8, 4) is 0 Å². The van der Waals surface area contributed by atoms with E-state index in [2.05, 4.69) is 5.32 Å². The number of rotatable bonds is 6. The second kappa shape index (κ2) is 8.45. The van der Waals surface area contributed by atoms with E-state index in [1.54, 1.807) is 22.3 Å². The molecule has 0 spiro atoms. The number of nitrogens with zero attached hydrogens (tertiary/aromatic N) is 1. The van der Waals surface area contributed by atoms with Gasteiger partial charge in [-0.1, -0.05) is 19.4 Å². The second-order valence-electron chi connectivity index (χ2n) is 6.99. The lowest BCUT2D eigenvalue weighted by atomic mass is 10.1. The van der Waals surface area contributed by atoms with E-state index in [0.717, 1.165) is 19.1 Å². The van der Waals surface area contributed by atoms with E-state index in [1.807, 2.05) is 18.4 Å². The van der Waals surface area contributed by atoms with Gasteiger partial charge in [0, 0.05) is 29.8 Å². The predicted octanol–water partition coefficient (Wildman–Crippen LogP) is 2.64. The summed E-state index contributed by atoms with van der Waals surface area (Å²) < 4.78 is 23.5. The minimum absolute atomic E-state index is 0.0829. The zero-order valence-corrected chi connectivity index (χ0v) is 17.6. The summed E-state index contributed by atoms with van der Waals surface area (Å²) in [5.74, 6) is -0.531. The molecule has 0 bridgehead atoms.